The molecule has 11 nitrogen and oxygen atoms in total. The van der Waals surface area contributed by atoms with Crippen molar-refractivity contribution < 1.29 is 9.47 Å². The van der Waals surface area contributed by atoms with E-state index in [-0.39, 0.29) is 0 Å². The van der Waals surface area contributed by atoms with Crippen LogP contribution in [0.4, 0.5) is 11.6 Å². The minimum atomic E-state index is 0.305. The average Bonchev–Trinajstić information content (AvgIpc) is 3.46. The molecule has 0 atom stereocenters. The Morgan fingerprint density at radius 3 is 2.66 bits per heavy atom. The number of nitrogens with two attached hydrogens (primary N) is 1. The molecule has 4 heterocycles. The van der Waals surface area contributed by atoms with Crippen molar-refractivity contribution in [3.8, 4) is 5.75 Å². The van der Waals surface area contributed by atoms with E-state index in [0.29, 0.717) is 30.5 Å². The number of nitrogen functional groups attached to an aromatic ring is 1. The highest BCUT2D eigenvalue weighted by molar-refractivity contribution is 5.89. The topological polar surface area (TPSA) is 123 Å². The SMILES string of the molecule is COCCOc1ccc(N2CCN(CCc3nc4c5cn[nH]c5nc(N)n4n3)CC2)cc1. The van der Waals surface area contributed by atoms with Gasteiger partial charge < -0.3 is 20.1 Å². The van der Waals surface area contributed by atoms with Gasteiger partial charge >= 0.3 is 0 Å². The number of hydrogen-bond acceptors (Lipinski definition) is 9. The van der Waals surface area contributed by atoms with Crippen LogP contribution in [-0.2, 0) is 11.2 Å². The number of aromatic nitrogens is 6. The normalized spacial score (nSPS) is 15.1. The first-order valence-corrected chi connectivity index (χ1v) is 10.7. The minimum absolute atomic E-state index is 0.305. The Bertz CT molecular complexity index is 1180. The Labute approximate surface area is 185 Å². The molecule has 32 heavy (non-hydrogen) atoms. The predicted octanol–water partition coefficient (Wildman–Crippen LogP) is 0.973. The van der Waals surface area contributed by atoms with Crippen LogP contribution in [0.15, 0.2) is 30.5 Å². The third-order valence-electron chi connectivity index (χ3n) is 5.74. The number of H-pyrrole nitrogens is 1. The van der Waals surface area contributed by atoms with E-state index >= 15 is 0 Å². The lowest BCUT2D eigenvalue weighted by Crippen LogP contribution is -2.47. The number of piperazine rings is 1. The summed E-state index contributed by atoms with van der Waals surface area (Å²) < 4.78 is 12.3. The fourth-order valence-electron chi connectivity index (χ4n) is 3.97. The highest BCUT2D eigenvalue weighted by atomic mass is 16.5. The summed E-state index contributed by atoms with van der Waals surface area (Å²) in [6.45, 7) is 6.00. The third kappa shape index (κ3) is 4.16. The second-order valence-corrected chi connectivity index (χ2v) is 7.78. The van der Waals surface area contributed by atoms with E-state index in [1.165, 1.54) is 5.69 Å². The van der Waals surface area contributed by atoms with E-state index < -0.39 is 0 Å². The van der Waals surface area contributed by atoms with Crippen LogP contribution < -0.4 is 15.4 Å². The van der Waals surface area contributed by atoms with Gasteiger partial charge in [-0.25, -0.2) is 4.98 Å². The number of methoxy groups -OCH3 is 1. The first-order valence-electron chi connectivity index (χ1n) is 10.7. The van der Waals surface area contributed by atoms with Crippen LogP contribution in [0.3, 0.4) is 0 Å². The van der Waals surface area contributed by atoms with Gasteiger partial charge in [0.15, 0.2) is 17.1 Å². The number of nitrogens with one attached hydrogen (secondary N) is 1. The number of aromatic amines is 1. The van der Waals surface area contributed by atoms with Crippen molar-refractivity contribution in [3.63, 3.8) is 0 Å². The Morgan fingerprint density at radius 1 is 1.06 bits per heavy atom. The van der Waals surface area contributed by atoms with Gasteiger partial charge in [-0.15, -0.1) is 5.10 Å². The second kappa shape index (κ2) is 8.97. The van der Waals surface area contributed by atoms with Crippen LogP contribution in [0, 0.1) is 0 Å². The van der Waals surface area contributed by atoms with Gasteiger partial charge in [-0.1, -0.05) is 0 Å². The quantitative estimate of drug-likeness (QED) is 0.388. The molecule has 1 fully saturated rings. The zero-order chi connectivity index (χ0) is 21.9. The summed E-state index contributed by atoms with van der Waals surface area (Å²) in [5.74, 6) is 1.94. The van der Waals surface area contributed by atoms with Crippen molar-refractivity contribution >= 4 is 28.3 Å². The number of benzene rings is 1. The molecule has 0 aliphatic carbocycles. The van der Waals surface area contributed by atoms with Crippen molar-refractivity contribution in [1.29, 1.82) is 0 Å². The van der Waals surface area contributed by atoms with E-state index in [0.717, 1.165) is 56.1 Å². The summed E-state index contributed by atoms with van der Waals surface area (Å²) in [7, 11) is 1.67. The summed E-state index contributed by atoms with van der Waals surface area (Å²) in [5.41, 5.74) is 8.55. The van der Waals surface area contributed by atoms with Gasteiger partial charge in [0.2, 0.25) is 5.95 Å². The van der Waals surface area contributed by atoms with Crippen LogP contribution in [-0.4, -0.2) is 87.7 Å². The molecule has 0 saturated carbocycles. The number of nitrogens with zero attached hydrogens (tertiary/aromatic N) is 7. The summed E-state index contributed by atoms with van der Waals surface area (Å²) in [6.07, 6.45) is 2.46. The second-order valence-electron chi connectivity index (χ2n) is 7.78. The Kier molecular flexibility index (Phi) is 5.73. The minimum Gasteiger partial charge on any atom is -0.491 e. The van der Waals surface area contributed by atoms with Crippen molar-refractivity contribution in [2.75, 3.05) is 63.7 Å². The van der Waals surface area contributed by atoms with Crippen LogP contribution >= 0.6 is 0 Å². The molecule has 0 unspecified atom stereocenters. The molecule has 1 aliphatic heterocycles. The standard InChI is InChI=1S/C21H27N9O2/c1-31-12-13-32-16-4-2-15(3-5-16)29-10-8-28(9-11-29)7-6-18-24-20-17-14-23-26-19(17)25-21(22)30(20)27-18/h2-5,14H,6-13H2,1H3,(H3,22,23,25,26). The molecule has 3 N–H and O–H groups in total. The zero-order valence-electron chi connectivity index (χ0n) is 18.1. The fourth-order valence-corrected chi connectivity index (χ4v) is 3.97. The van der Waals surface area contributed by atoms with E-state index in [2.05, 4.69) is 47.2 Å². The van der Waals surface area contributed by atoms with Gasteiger partial charge in [0.1, 0.15) is 12.4 Å². The Morgan fingerprint density at radius 2 is 1.88 bits per heavy atom. The van der Waals surface area contributed by atoms with Crippen LogP contribution in [0.5, 0.6) is 5.75 Å². The molecule has 0 spiro atoms. The molecule has 1 aromatic carbocycles. The third-order valence-corrected chi connectivity index (χ3v) is 5.74. The summed E-state index contributed by atoms with van der Waals surface area (Å²) in [5, 5.41) is 12.2. The molecule has 3 aromatic heterocycles. The largest absolute Gasteiger partial charge is 0.491 e. The molecular formula is C21H27N9O2. The average molecular weight is 438 g/mol. The molecular weight excluding hydrogens is 410 g/mol. The van der Waals surface area contributed by atoms with Gasteiger partial charge in [0.05, 0.1) is 18.2 Å². The van der Waals surface area contributed by atoms with E-state index in [1.807, 2.05) is 12.1 Å². The van der Waals surface area contributed by atoms with E-state index in [1.54, 1.807) is 17.8 Å². The lowest BCUT2D eigenvalue weighted by atomic mass is 10.2. The molecule has 4 aromatic rings. The highest BCUT2D eigenvalue weighted by Gasteiger charge is 2.19. The predicted molar refractivity (Wildman–Crippen MR) is 121 cm³/mol. The first-order chi connectivity index (χ1) is 15.7. The van der Waals surface area contributed by atoms with Gasteiger partial charge in [0.25, 0.3) is 0 Å². The Hall–Kier alpha value is -3.44. The monoisotopic (exact) mass is 437 g/mol. The fraction of sp³-hybridized carbons (Fsp3) is 0.429. The molecule has 11 heteroatoms. The maximum Gasteiger partial charge on any atom is 0.225 e. The number of fused-ring (bicyclic) bond motifs is 3. The lowest BCUT2D eigenvalue weighted by Gasteiger charge is -2.36. The van der Waals surface area contributed by atoms with Gasteiger partial charge in [-0.2, -0.15) is 14.6 Å². The molecule has 168 valence electrons. The van der Waals surface area contributed by atoms with Gasteiger partial charge in [-0.05, 0) is 24.3 Å². The van der Waals surface area contributed by atoms with Crippen molar-refractivity contribution in [2.24, 2.45) is 0 Å². The zero-order valence-corrected chi connectivity index (χ0v) is 18.1. The molecule has 0 amide bonds. The smallest absolute Gasteiger partial charge is 0.225 e. The van der Waals surface area contributed by atoms with E-state index in [9.17, 15) is 0 Å². The summed E-state index contributed by atoms with van der Waals surface area (Å²) in [6, 6.07) is 8.27. The van der Waals surface area contributed by atoms with Gasteiger partial charge in [-0.3, -0.25) is 10.00 Å². The van der Waals surface area contributed by atoms with Crippen molar-refractivity contribution in [3.05, 3.63) is 36.3 Å². The van der Waals surface area contributed by atoms with Crippen molar-refractivity contribution in [1.82, 2.24) is 34.7 Å². The van der Waals surface area contributed by atoms with Gasteiger partial charge in [0, 0.05) is 51.9 Å². The van der Waals surface area contributed by atoms with Crippen molar-refractivity contribution in [2.45, 2.75) is 6.42 Å². The summed E-state index contributed by atoms with van der Waals surface area (Å²) in [4.78, 5) is 13.8. The number of ether oxygens (including phenoxy) is 2. The number of anilines is 2. The van der Waals surface area contributed by atoms with Crippen LogP contribution in [0.2, 0.25) is 0 Å². The first kappa shape index (κ1) is 20.5. The number of rotatable bonds is 8. The van der Waals surface area contributed by atoms with E-state index in [4.69, 9.17) is 15.2 Å². The molecule has 0 bridgehead atoms. The maximum atomic E-state index is 6.02. The molecule has 1 saturated heterocycles. The molecule has 5 rings (SSSR count). The number of hydrogen-bond donors (Lipinski definition) is 2. The molecule has 0 radical (unpaired) electrons. The lowest BCUT2D eigenvalue weighted by molar-refractivity contribution is 0.146. The van der Waals surface area contributed by atoms with Crippen LogP contribution in [0.1, 0.15) is 5.82 Å². The molecule has 1 aliphatic rings. The highest BCUT2D eigenvalue weighted by Crippen LogP contribution is 2.21. The van der Waals surface area contributed by atoms with Crippen LogP contribution in [0.25, 0.3) is 16.7 Å². The Balaban J connectivity index is 1.15. The summed E-state index contributed by atoms with van der Waals surface area (Å²) >= 11 is 0. The maximum absolute atomic E-state index is 6.02.